The Morgan fingerprint density at radius 1 is 0.694 bits per heavy atom. The van der Waals surface area contributed by atoms with Crippen molar-refractivity contribution >= 4 is 21.7 Å². The number of ketones is 1. The van der Waals surface area contributed by atoms with Gasteiger partial charge >= 0.3 is 0 Å². The van der Waals surface area contributed by atoms with Crippen molar-refractivity contribution in [2.45, 2.75) is 32.0 Å². The lowest BCUT2D eigenvalue weighted by molar-refractivity contribution is -0.120. The minimum absolute atomic E-state index is 0.0281. The first-order chi connectivity index (χ1) is 17.6. The molecular weight excluding hydrogens is 508 g/mol. The summed E-state index contributed by atoms with van der Waals surface area (Å²) < 4.78 is 1.02. The molecule has 4 rings (SSSR count). The highest BCUT2D eigenvalue weighted by atomic mass is 79.9. The first-order valence-electron chi connectivity index (χ1n) is 12.2. The van der Waals surface area contributed by atoms with Crippen LogP contribution in [0.25, 0.3) is 0 Å². The van der Waals surface area contributed by atoms with E-state index in [2.05, 4.69) is 57.2 Å². The van der Waals surface area contributed by atoms with E-state index in [4.69, 9.17) is 5.73 Å². The summed E-state index contributed by atoms with van der Waals surface area (Å²) in [6.07, 6.45) is 2.79. The molecule has 3 nitrogen and oxygen atoms in total. The second-order valence-electron chi connectivity index (χ2n) is 9.01. The molecule has 0 aromatic heterocycles. The van der Waals surface area contributed by atoms with E-state index in [0.717, 1.165) is 15.6 Å². The van der Waals surface area contributed by atoms with E-state index in [0.29, 0.717) is 31.6 Å². The number of hydrogen-bond acceptors (Lipinski definition) is 3. The molecule has 0 aliphatic carbocycles. The van der Waals surface area contributed by atoms with E-state index in [1.807, 2.05) is 78.9 Å². The van der Waals surface area contributed by atoms with Gasteiger partial charge in [0, 0.05) is 35.8 Å². The number of nitrogens with zero attached hydrogens (tertiary/aromatic N) is 1. The molecule has 0 spiro atoms. The van der Waals surface area contributed by atoms with Crippen molar-refractivity contribution in [3.05, 3.63) is 154 Å². The van der Waals surface area contributed by atoms with Crippen molar-refractivity contribution in [3.63, 3.8) is 0 Å². The number of allylic oxidation sites excluding steroid dienone is 1. The molecule has 4 aromatic rings. The number of rotatable bonds is 11. The van der Waals surface area contributed by atoms with Crippen molar-refractivity contribution in [1.82, 2.24) is 4.90 Å². The molecule has 1 unspecified atom stereocenters. The lowest BCUT2D eigenvalue weighted by Gasteiger charge is -2.31. The van der Waals surface area contributed by atoms with Gasteiger partial charge in [-0.15, -0.1) is 0 Å². The van der Waals surface area contributed by atoms with Crippen LogP contribution in [0, 0.1) is 0 Å². The molecule has 0 aliphatic heterocycles. The Bertz CT molecular complexity index is 1210. The molecule has 0 saturated heterocycles. The molecule has 1 atom stereocenters. The van der Waals surface area contributed by atoms with Gasteiger partial charge in [0.25, 0.3) is 0 Å². The number of benzene rings is 4. The number of nitrogens with two attached hydrogens (primary N) is 1. The highest BCUT2D eigenvalue weighted by Gasteiger charge is 2.26. The smallest absolute Gasteiger partial charge is 0.174 e. The van der Waals surface area contributed by atoms with Crippen LogP contribution in [0.5, 0.6) is 0 Å². The maximum atomic E-state index is 13.8. The standard InChI is InChI=1S/C32H31BrN2O/c33-29-18-16-26(17-19-29)20-30(34)22-32(36)31(21-25-10-4-1-5-11-25)35(23-27-12-6-2-7-13-27)24-28-14-8-3-9-15-28/h1-19,22,31H,20-21,23-24,34H2/b30-22-. The van der Waals surface area contributed by atoms with Gasteiger partial charge in [-0.2, -0.15) is 0 Å². The van der Waals surface area contributed by atoms with Gasteiger partial charge < -0.3 is 5.73 Å². The molecule has 0 heterocycles. The van der Waals surface area contributed by atoms with E-state index >= 15 is 0 Å². The minimum atomic E-state index is -0.351. The number of carbonyl (C=O) groups is 1. The first kappa shape index (κ1) is 25.6. The molecular formula is C32H31BrN2O. The van der Waals surface area contributed by atoms with Crippen LogP contribution in [-0.2, 0) is 30.7 Å². The SMILES string of the molecule is N/C(=C\C(=O)C(Cc1ccccc1)N(Cc1ccccc1)Cc1ccccc1)Cc1ccc(Br)cc1. The molecule has 2 N–H and O–H groups in total. The summed E-state index contributed by atoms with van der Waals surface area (Å²) in [5.74, 6) is 0.0281. The van der Waals surface area contributed by atoms with Gasteiger partial charge in [0.2, 0.25) is 0 Å². The minimum Gasteiger partial charge on any atom is -0.402 e. The first-order valence-corrected chi connectivity index (χ1v) is 13.0. The largest absolute Gasteiger partial charge is 0.402 e. The van der Waals surface area contributed by atoms with Crippen LogP contribution >= 0.6 is 15.9 Å². The summed E-state index contributed by atoms with van der Waals surface area (Å²) >= 11 is 3.47. The fourth-order valence-electron chi connectivity index (χ4n) is 4.33. The topological polar surface area (TPSA) is 46.3 Å². The van der Waals surface area contributed by atoms with Crippen molar-refractivity contribution in [2.75, 3.05) is 0 Å². The van der Waals surface area contributed by atoms with Crippen LogP contribution in [0.2, 0.25) is 0 Å². The molecule has 0 aliphatic rings. The summed E-state index contributed by atoms with van der Waals surface area (Å²) in [5, 5.41) is 0. The zero-order valence-electron chi connectivity index (χ0n) is 20.3. The zero-order chi connectivity index (χ0) is 25.2. The average Bonchev–Trinajstić information content (AvgIpc) is 2.90. The molecule has 4 heteroatoms. The predicted octanol–water partition coefficient (Wildman–Crippen LogP) is 6.72. The van der Waals surface area contributed by atoms with Crippen molar-refractivity contribution in [3.8, 4) is 0 Å². The Morgan fingerprint density at radius 2 is 1.17 bits per heavy atom. The Hall–Kier alpha value is -3.47. The van der Waals surface area contributed by atoms with Gasteiger partial charge in [0.15, 0.2) is 5.78 Å². The summed E-state index contributed by atoms with van der Waals surface area (Å²) in [6, 6.07) is 38.5. The van der Waals surface area contributed by atoms with Gasteiger partial charge in [-0.1, -0.05) is 119 Å². The van der Waals surface area contributed by atoms with Crippen LogP contribution in [0.3, 0.4) is 0 Å². The molecule has 36 heavy (non-hydrogen) atoms. The van der Waals surface area contributed by atoms with Crippen molar-refractivity contribution < 1.29 is 4.79 Å². The molecule has 0 fully saturated rings. The summed E-state index contributed by atoms with van der Waals surface area (Å²) in [4.78, 5) is 16.1. The summed E-state index contributed by atoms with van der Waals surface area (Å²) in [5.41, 5.74) is 11.5. The monoisotopic (exact) mass is 538 g/mol. The highest BCUT2D eigenvalue weighted by molar-refractivity contribution is 9.10. The normalized spacial score (nSPS) is 12.4. The van der Waals surface area contributed by atoms with E-state index in [1.54, 1.807) is 6.08 Å². The number of carbonyl (C=O) groups excluding carboxylic acids is 1. The Morgan fingerprint density at radius 3 is 1.67 bits per heavy atom. The molecule has 4 aromatic carbocycles. The third-order valence-electron chi connectivity index (χ3n) is 6.15. The van der Waals surface area contributed by atoms with Gasteiger partial charge in [-0.05, 0) is 40.8 Å². The third kappa shape index (κ3) is 7.77. The van der Waals surface area contributed by atoms with Crippen LogP contribution in [-0.4, -0.2) is 16.7 Å². The molecule has 0 amide bonds. The van der Waals surface area contributed by atoms with Crippen LogP contribution in [0.15, 0.2) is 132 Å². The second kappa shape index (κ2) is 13.0. The number of hydrogen-bond donors (Lipinski definition) is 1. The second-order valence-corrected chi connectivity index (χ2v) is 9.92. The molecule has 0 saturated carbocycles. The van der Waals surface area contributed by atoms with E-state index in [1.165, 1.54) is 11.1 Å². The lowest BCUT2D eigenvalue weighted by atomic mass is 9.97. The highest BCUT2D eigenvalue weighted by Crippen LogP contribution is 2.19. The fraction of sp³-hybridized carbons (Fsp3) is 0.156. The van der Waals surface area contributed by atoms with Crippen LogP contribution < -0.4 is 5.73 Å². The van der Waals surface area contributed by atoms with Crippen molar-refractivity contribution in [2.24, 2.45) is 5.73 Å². The predicted molar refractivity (Wildman–Crippen MR) is 151 cm³/mol. The Kier molecular flexibility index (Phi) is 9.26. The summed E-state index contributed by atoms with van der Waals surface area (Å²) in [7, 11) is 0. The number of halogens is 1. The fourth-order valence-corrected chi connectivity index (χ4v) is 4.59. The maximum Gasteiger partial charge on any atom is 0.174 e. The Balaban J connectivity index is 1.64. The lowest BCUT2D eigenvalue weighted by Crippen LogP contribution is -2.41. The molecule has 182 valence electrons. The Labute approximate surface area is 222 Å². The van der Waals surface area contributed by atoms with Gasteiger partial charge in [0.1, 0.15) is 0 Å². The maximum absolute atomic E-state index is 13.8. The van der Waals surface area contributed by atoms with E-state index in [-0.39, 0.29) is 11.8 Å². The third-order valence-corrected chi connectivity index (χ3v) is 6.68. The van der Waals surface area contributed by atoms with Crippen LogP contribution in [0.1, 0.15) is 22.3 Å². The molecule has 0 radical (unpaired) electrons. The van der Waals surface area contributed by atoms with Gasteiger partial charge in [-0.25, -0.2) is 0 Å². The zero-order valence-corrected chi connectivity index (χ0v) is 21.8. The van der Waals surface area contributed by atoms with Crippen molar-refractivity contribution in [1.29, 1.82) is 0 Å². The average molecular weight is 540 g/mol. The summed E-state index contributed by atoms with van der Waals surface area (Å²) in [6.45, 7) is 1.33. The van der Waals surface area contributed by atoms with Gasteiger partial charge in [-0.3, -0.25) is 9.69 Å². The molecule has 0 bridgehead atoms. The quantitative estimate of drug-likeness (QED) is 0.215. The van der Waals surface area contributed by atoms with E-state index < -0.39 is 0 Å². The van der Waals surface area contributed by atoms with Crippen LogP contribution in [0.4, 0.5) is 0 Å². The van der Waals surface area contributed by atoms with Gasteiger partial charge in [0.05, 0.1) is 6.04 Å². The van der Waals surface area contributed by atoms with E-state index in [9.17, 15) is 4.79 Å².